The van der Waals surface area contributed by atoms with Gasteiger partial charge in [0.25, 0.3) is 5.91 Å². The summed E-state index contributed by atoms with van der Waals surface area (Å²) in [7, 11) is 0. The molecule has 0 fully saturated rings. The van der Waals surface area contributed by atoms with Crippen molar-refractivity contribution < 1.29 is 9.21 Å². The molecule has 0 atom stereocenters. The molecular formula is C17H15BrN4O2. The van der Waals surface area contributed by atoms with Gasteiger partial charge in [-0.15, -0.1) is 0 Å². The third-order valence-corrected chi connectivity index (χ3v) is 4.17. The average molecular weight is 387 g/mol. The summed E-state index contributed by atoms with van der Waals surface area (Å²) in [6, 6.07) is 10.8. The van der Waals surface area contributed by atoms with Crippen molar-refractivity contribution in [1.82, 2.24) is 9.97 Å². The van der Waals surface area contributed by atoms with Crippen LogP contribution >= 0.6 is 15.9 Å². The minimum Gasteiger partial charge on any atom is -0.467 e. The van der Waals surface area contributed by atoms with Crippen molar-refractivity contribution in [3.05, 3.63) is 70.3 Å². The zero-order valence-electron chi connectivity index (χ0n) is 12.9. The second kappa shape index (κ2) is 7.27. The van der Waals surface area contributed by atoms with Crippen molar-refractivity contribution in [2.24, 2.45) is 0 Å². The summed E-state index contributed by atoms with van der Waals surface area (Å²) in [6.07, 6.45) is 3.14. The maximum absolute atomic E-state index is 12.3. The number of benzene rings is 1. The molecule has 0 saturated heterocycles. The monoisotopic (exact) mass is 386 g/mol. The van der Waals surface area contributed by atoms with Crippen LogP contribution in [0.5, 0.6) is 0 Å². The van der Waals surface area contributed by atoms with Crippen LogP contribution in [0.15, 0.2) is 57.7 Å². The van der Waals surface area contributed by atoms with Crippen LogP contribution in [0.3, 0.4) is 0 Å². The molecule has 2 N–H and O–H groups in total. The molecule has 1 amide bonds. The van der Waals surface area contributed by atoms with Crippen molar-refractivity contribution in [3.63, 3.8) is 0 Å². The van der Waals surface area contributed by atoms with E-state index in [9.17, 15) is 4.79 Å². The van der Waals surface area contributed by atoms with Gasteiger partial charge in [0.15, 0.2) is 0 Å². The van der Waals surface area contributed by atoms with E-state index >= 15 is 0 Å². The lowest BCUT2D eigenvalue weighted by molar-refractivity contribution is 0.102. The first-order valence-corrected chi connectivity index (χ1v) is 8.08. The number of carbonyl (C=O) groups excluding carboxylic acids is 1. The van der Waals surface area contributed by atoms with E-state index in [0.29, 0.717) is 18.2 Å². The molecule has 0 bridgehead atoms. The van der Waals surface area contributed by atoms with Gasteiger partial charge in [0.1, 0.15) is 11.5 Å². The normalized spacial score (nSPS) is 10.4. The predicted molar refractivity (Wildman–Crippen MR) is 94.9 cm³/mol. The Kier molecular flexibility index (Phi) is 4.90. The van der Waals surface area contributed by atoms with Crippen molar-refractivity contribution >= 4 is 33.5 Å². The Hall–Kier alpha value is -2.67. The van der Waals surface area contributed by atoms with Crippen LogP contribution in [-0.4, -0.2) is 15.9 Å². The minimum absolute atomic E-state index is 0.281. The van der Waals surface area contributed by atoms with E-state index in [0.717, 1.165) is 15.8 Å². The number of nitrogens with zero attached hydrogens (tertiary/aromatic N) is 2. The van der Waals surface area contributed by atoms with Crippen LogP contribution in [0.1, 0.15) is 21.8 Å². The second-order valence-corrected chi connectivity index (χ2v) is 5.97. The molecular weight excluding hydrogens is 372 g/mol. The average Bonchev–Trinajstić information content (AvgIpc) is 3.10. The SMILES string of the molecule is Cc1ccc(NC(=O)c2ccnc(NCc3ccco3)n2)cc1Br. The lowest BCUT2D eigenvalue weighted by Crippen LogP contribution is -2.15. The van der Waals surface area contributed by atoms with Gasteiger partial charge in [0.05, 0.1) is 12.8 Å². The first-order valence-electron chi connectivity index (χ1n) is 7.28. The van der Waals surface area contributed by atoms with Crippen molar-refractivity contribution in [3.8, 4) is 0 Å². The highest BCUT2D eigenvalue weighted by molar-refractivity contribution is 9.10. The van der Waals surface area contributed by atoms with E-state index in [4.69, 9.17) is 4.42 Å². The first-order chi connectivity index (χ1) is 11.6. The van der Waals surface area contributed by atoms with Gasteiger partial charge in [0, 0.05) is 16.4 Å². The van der Waals surface area contributed by atoms with Gasteiger partial charge in [-0.2, -0.15) is 0 Å². The van der Waals surface area contributed by atoms with Gasteiger partial charge in [-0.3, -0.25) is 4.79 Å². The summed E-state index contributed by atoms with van der Waals surface area (Å²) in [4.78, 5) is 20.7. The number of hydrogen-bond donors (Lipinski definition) is 2. The number of aryl methyl sites for hydroxylation is 1. The number of amides is 1. The topological polar surface area (TPSA) is 80.0 Å². The Morgan fingerprint density at radius 1 is 1.29 bits per heavy atom. The Bertz CT molecular complexity index is 850. The number of nitrogens with one attached hydrogen (secondary N) is 2. The number of carbonyl (C=O) groups is 1. The highest BCUT2D eigenvalue weighted by Gasteiger charge is 2.10. The molecule has 122 valence electrons. The van der Waals surface area contributed by atoms with Gasteiger partial charge in [-0.1, -0.05) is 22.0 Å². The fourth-order valence-corrected chi connectivity index (χ4v) is 2.39. The molecule has 0 spiro atoms. The molecule has 0 aliphatic heterocycles. The third-order valence-electron chi connectivity index (χ3n) is 3.32. The Morgan fingerprint density at radius 3 is 2.92 bits per heavy atom. The number of aromatic nitrogens is 2. The Labute approximate surface area is 147 Å². The van der Waals surface area contributed by atoms with Crippen LogP contribution in [0.25, 0.3) is 0 Å². The van der Waals surface area contributed by atoms with Crippen molar-refractivity contribution in [2.75, 3.05) is 10.6 Å². The fourth-order valence-electron chi connectivity index (χ4n) is 2.02. The van der Waals surface area contributed by atoms with Crippen LogP contribution in [0.4, 0.5) is 11.6 Å². The number of anilines is 2. The molecule has 7 heteroatoms. The van der Waals surface area contributed by atoms with E-state index in [1.165, 1.54) is 6.20 Å². The standard InChI is InChI=1S/C17H15BrN4O2/c1-11-4-5-12(9-14(11)18)21-16(23)15-6-7-19-17(22-15)20-10-13-3-2-8-24-13/h2-9H,10H2,1H3,(H,21,23)(H,19,20,22). The molecule has 0 saturated carbocycles. The summed E-state index contributed by atoms with van der Waals surface area (Å²) in [5, 5.41) is 5.84. The molecule has 2 heterocycles. The number of hydrogen-bond acceptors (Lipinski definition) is 5. The highest BCUT2D eigenvalue weighted by Crippen LogP contribution is 2.21. The van der Waals surface area contributed by atoms with E-state index in [1.54, 1.807) is 18.4 Å². The van der Waals surface area contributed by atoms with Crippen LogP contribution in [-0.2, 0) is 6.54 Å². The maximum Gasteiger partial charge on any atom is 0.274 e. The van der Waals surface area contributed by atoms with Gasteiger partial charge in [-0.05, 0) is 42.8 Å². The van der Waals surface area contributed by atoms with Crippen LogP contribution in [0.2, 0.25) is 0 Å². The van der Waals surface area contributed by atoms with E-state index in [2.05, 4.69) is 36.5 Å². The smallest absolute Gasteiger partial charge is 0.274 e. The van der Waals surface area contributed by atoms with E-state index < -0.39 is 0 Å². The van der Waals surface area contributed by atoms with E-state index in [-0.39, 0.29) is 11.6 Å². The zero-order valence-corrected chi connectivity index (χ0v) is 14.5. The molecule has 1 aromatic carbocycles. The lowest BCUT2D eigenvalue weighted by Gasteiger charge is -2.08. The molecule has 0 aliphatic carbocycles. The highest BCUT2D eigenvalue weighted by atomic mass is 79.9. The van der Waals surface area contributed by atoms with Crippen molar-refractivity contribution in [2.45, 2.75) is 13.5 Å². The second-order valence-electron chi connectivity index (χ2n) is 5.12. The van der Waals surface area contributed by atoms with E-state index in [1.807, 2.05) is 31.2 Å². The summed E-state index contributed by atoms with van der Waals surface area (Å²) in [5.74, 6) is 0.830. The predicted octanol–water partition coefficient (Wildman–Crippen LogP) is 4.00. The first kappa shape index (κ1) is 16.2. The number of halogens is 1. The molecule has 3 rings (SSSR count). The Balaban J connectivity index is 1.68. The molecule has 3 aromatic rings. The van der Waals surface area contributed by atoms with Gasteiger partial charge < -0.3 is 15.1 Å². The van der Waals surface area contributed by atoms with Crippen LogP contribution < -0.4 is 10.6 Å². The molecule has 0 aliphatic rings. The van der Waals surface area contributed by atoms with Crippen LogP contribution in [0, 0.1) is 6.92 Å². The molecule has 2 aromatic heterocycles. The maximum atomic E-state index is 12.3. The number of rotatable bonds is 5. The number of furan rings is 1. The quantitative estimate of drug-likeness (QED) is 0.692. The molecule has 6 nitrogen and oxygen atoms in total. The van der Waals surface area contributed by atoms with Gasteiger partial charge in [0.2, 0.25) is 5.95 Å². The fraction of sp³-hybridized carbons (Fsp3) is 0.118. The summed E-state index contributed by atoms with van der Waals surface area (Å²) >= 11 is 3.45. The largest absolute Gasteiger partial charge is 0.467 e. The van der Waals surface area contributed by atoms with Crippen molar-refractivity contribution in [1.29, 1.82) is 0 Å². The molecule has 0 radical (unpaired) electrons. The zero-order chi connectivity index (χ0) is 16.9. The van der Waals surface area contributed by atoms with Gasteiger partial charge in [-0.25, -0.2) is 9.97 Å². The Morgan fingerprint density at radius 2 is 2.17 bits per heavy atom. The third kappa shape index (κ3) is 3.99. The molecule has 0 unspecified atom stereocenters. The summed E-state index contributed by atoms with van der Waals surface area (Å²) < 4.78 is 6.17. The lowest BCUT2D eigenvalue weighted by atomic mass is 10.2. The minimum atomic E-state index is -0.297. The summed E-state index contributed by atoms with van der Waals surface area (Å²) in [6.45, 7) is 2.43. The summed E-state index contributed by atoms with van der Waals surface area (Å²) in [5.41, 5.74) is 2.07. The molecule has 24 heavy (non-hydrogen) atoms. The van der Waals surface area contributed by atoms with Gasteiger partial charge >= 0.3 is 0 Å².